The Labute approximate surface area is 122 Å². The number of hydrogen-bond donors (Lipinski definition) is 1. The normalized spacial score (nSPS) is 12.2. The van der Waals surface area contributed by atoms with Crippen LogP contribution in [-0.4, -0.2) is 24.3 Å². The molecule has 0 atom stereocenters. The van der Waals surface area contributed by atoms with Gasteiger partial charge in [0.2, 0.25) is 10.0 Å². The average Bonchev–Trinajstić information content (AvgIpc) is 3.06. The lowest BCUT2D eigenvalue weighted by Crippen LogP contribution is -2.29. The Morgan fingerprint density at radius 2 is 2.26 bits per heavy atom. The zero-order valence-electron chi connectivity index (χ0n) is 10.5. The Morgan fingerprint density at radius 1 is 1.47 bits per heavy atom. The minimum atomic E-state index is -3.47. The number of aromatic amines is 1. The highest BCUT2D eigenvalue weighted by Gasteiger charge is 2.24. The molecule has 0 aromatic carbocycles. The molecule has 2 heterocycles. The van der Waals surface area contributed by atoms with Crippen molar-refractivity contribution in [2.45, 2.75) is 24.2 Å². The van der Waals surface area contributed by atoms with Crippen molar-refractivity contribution in [1.82, 2.24) is 9.29 Å². The predicted octanol–water partition coefficient (Wildman–Crippen LogP) is 3.03. The van der Waals surface area contributed by atoms with Crippen molar-refractivity contribution >= 4 is 33.0 Å². The smallest absolute Gasteiger partial charge is 0.244 e. The van der Waals surface area contributed by atoms with Gasteiger partial charge in [-0.3, -0.25) is 0 Å². The number of sulfonamides is 1. The molecule has 0 aliphatic rings. The van der Waals surface area contributed by atoms with Crippen LogP contribution in [0.15, 0.2) is 34.7 Å². The molecule has 0 fully saturated rings. The monoisotopic (exact) mass is 318 g/mol. The summed E-state index contributed by atoms with van der Waals surface area (Å²) in [5.74, 6) is 0.270. The van der Waals surface area contributed by atoms with E-state index in [1.54, 1.807) is 17.4 Å². The van der Waals surface area contributed by atoms with Crippen LogP contribution in [0.4, 0.5) is 0 Å². The fourth-order valence-corrected chi connectivity index (χ4v) is 4.14. The standard InChI is InChI=1S/C12H15ClN2O2S2/c1-2-15(9-11-4-3-5-18-11)19(16,17)12-6-10(7-13)14-8-12/h3-6,8,14H,2,7,9H2,1H3. The summed E-state index contributed by atoms with van der Waals surface area (Å²) in [5, 5.41) is 1.94. The molecule has 0 bridgehead atoms. The lowest BCUT2D eigenvalue weighted by atomic mass is 10.4. The number of aromatic nitrogens is 1. The van der Waals surface area contributed by atoms with E-state index in [0.717, 1.165) is 4.88 Å². The van der Waals surface area contributed by atoms with E-state index >= 15 is 0 Å². The van der Waals surface area contributed by atoms with Crippen LogP contribution in [-0.2, 0) is 22.4 Å². The van der Waals surface area contributed by atoms with Gasteiger partial charge in [0.25, 0.3) is 0 Å². The van der Waals surface area contributed by atoms with E-state index in [4.69, 9.17) is 11.6 Å². The van der Waals surface area contributed by atoms with Crippen LogP contribution < -0.4 is 0 Å². The first-order chi connectivity index (χ1) is 9.07. The van der Waals surface area contributed by atoms with Crippen molar-refractivity contribution in [1.29, 1.82) is 0 Å². The van der Waals surface area contributed by atoms with Gasteiger partial charge in [-0.2, -0.15) is 4.31 Å². The Balaban J connectivity index is 2.25. The maximum atomic E-state index is 12.5. The summed E-state index contributed by atoms with van der Waals surface area (Å²) in [7, 11) is -3.47. The Hall–Kier alpha value is -0.820. The van der Waals surface area contributed by atoms with Gasteiger partial charge in [0, 0.05) is 29.9 Å². The van der Waals surface area contributed by atoms with Gasteiger partial charge in [-0.1, -0.05) is 13.0 Å². The third-order valence-electron chi connectivity index (χ3n) is 2.76. The number of H-pyrrole nitrogens is 1. The molecule has 0 saturated carbocycles. The number of alkyl halides is 1. The van der Waals surface area contributed by atoms with Crippen molar-refractivity contribution in [3.05, 3.63) is 40.3 Å². The maximum absolute atomic E-state index is 12.5. The molecular formula is C12H15ClN2O2S2. The Bertz CT molecular complexity index is 620. The molecule has 0 radical (unpaired) electrons. The molecule has 2 aromatic rings. The predicted molar refractivity (Wildman–Crippen MR) is 77.9 cm³/mol. The highest BCUT2D eigenvalue weighted by molar-refractivity contribution is 7.89. The summed E-state index contributed by atoms with van der Waals surface area (Å²) in [6.45, 7) is 2.67. The molecule has 0 amide bonds. The summed E-state index contributed by atoms with van der Waals surface area (Å²) in [4.78, 5) is 4.16. The summed E-state index contributed by atoms with van der Waals surface area (Å²) in [6, 6.07) is 5.44. The number of thiophene rings is 1. The number of rotatable bonds is 6. The van der Waals surface area contributed by atoms with Gasteiger partial charge in [0.05, 0.1) is 10.8 Å². The zero-order valence-corrected chi connectivity index (χ0v) is 12.9. The van der Waals surface area contributed by atoms with Crippen molar-refractivity contribution in [3.63, 3.8) is 0 Å². The van der Waals surface area contributed by atoms with Crippen LogP contribution in [0.5, 0.6) is 0 Å². The van der Waals surface area contributed by atoms with E-state index in [9.17, 15) is 8.42 Å². The quantitative estimate of drug-likeness (QED) is 0.832. The van der Waals surface area contributed by atoms with E-state index in [1.807, 2.05) is 24.4 Å². The summed E-state index contributed by atoms with van der Waals surface area (Å²) >= 11 is 7.23. The summed E-state index contributed by atoms with van der Waals surface area (Å²) in [6.07, 6.45) is 1.49. The van der Waals surface area contributed by atoms with Crippen LogP contribution in [0.1, 0.15) is 17.5 Å². The van der Waals surface area contributed by atoms with Gasteiger partial charge in [0.1, 0.15) is 0 Å². The number of hydrogen-bond acceptors (Lipinski definition) is 3. The Kier molecular flexibility index (Phi) is 4.67. The molecule has 4 nitrogen and oxygen atoms in total. The van der Waals surface area contributed by atoms with E-state index in [1.165, 1.54) is 10.5 Å². The molecule has 2 rings (SSSR count). The van der Waals surface area contributed by atoms with Crippen LogP contribution in [0.2, 0.25) is 0 Å². The molecule has 0 aliphatic carbocycles. The molecular weight excluding hydrogens is 304 g/mol. The van der Waals surface area contributed by atoms with E-state index in [-0.39, 0.29) is 10.8 Å². The third-order valence-corrected chi connectivity index (χ3v) is 5.81. The fourth-order valence-electron chi connectivity index (χ4n) is 1.74. The second-order valence-electron chi connectivity index (χ2n) is 4.00. The topological polar surface area (TPSA) is 53.2 Å². The Morgan fingerprint density at radius 3 is 2.79 bits per heavy atom. The molecule has 1 N–H and O–H groups in total. The van der Waals surface area contributed by atoms with Crippen molar-refractivity contribution in [2.75, 3.05) is 6.54 Å². The van der Waals surface area contributed by atoms with Crippen LogP contribution in [0.3, 0.4) is 0 Å². The van der Waals surface area contributed by atoms with Crippen LogP contribution in [0, 0.1) is 0 Å². The second kappa shape index (κ2) is 6.09. The molecule has 2 aromatic heterocycles. The molecule has 0 spiro atoms. The molecule has 0 saturated heterocycles. The zero-order chi connectivity index (χ0) is 13.9. The van der Waals surface area contributed by atoms with Gasteiger partial charge in [-0.15, -0.1) is 22.9 Å². The van der Waals surface area contributed by atoms with Crippen molar-refractivity contribution < 1.29 is 8.42 Å². The van der Waals surface area contributed by atoms with E-state index < -0.39 is 10.0 Å². The number of nitrogens with one attached hydrogen (secondary N) is 1. The van der Waals surface area contributed by atoms with Crippen molar-refractivity contribution in [3.8, 4) is 0 Å². The summed E-state index contributed by atoms with van der Waals surface area (Å²) in [5.41, 5.74) is 0.701. The van der Waals surface area contributed by atoms with Crippen LogP contribution >= 0.6 is 22.9 Å². The lowest BCUT2D eigenvalue weighted by Gasteiger charge is -2.18. The molecule has 0 aliphatic heterocycles. The minimum Gasteiger partial charge on any atom is -0.363 e. The van der Waals surface area contributed by atoms with Crippen molar-refractivity contribution in [2.24, 2.45) is 0 Å². The van der Waals surface area contributed by atoms with Gasteiger partial charge < -0.3 is 4.98 Å². The molecule has 7 heteroatoms. The molecule has 0 unspecified atom stereocenters. The first-order valence-electron chi connectivity index (χ1n) is 5.83. The first-order valence-corrected chi connectivity index (χ1v) is 8.69. The highest BCUT2D eigenvalue weighted by Crippen LogP contribution is 2.21. The average molecular weight is 319 g/mol. The van der Waals surface area contributed by atoms with Gasteiger partial charge >= 0.3 is 0 Å². The number of nitrogens with zero attached hydrogens (tertiary/aromatic N) is 1. The SMILES string of the molecule is CCN(Cc1cccs1)S(=O)(=O)c1c[nH]c(CCl)c1. The largest absolute Gasteiger partial charge is 0.363 e. The fraction of sp³-hybridized carbons (Fsp3) is 0.333. The first kappa shape index (κ1) is 14.6. The van der Waals surface area contributed by atoms with Gasteiger partial charge in [-0.05, 0) is 17.5 Å². The van der Waals surface area contributed by atoms with E-state index in [0.29, 0.717) is 18.8 Å². The molecule has 104 valence electrons. The second-order valence-corrected chi connectivity index (χ2v) is 7.24. The highest BCUT2D eigenvalue weighted by atomic mass is 35.5. The maximum Gasteiger partial charge on any atom is 0.244 e. The minimum absolute atomic E-state index is 0.265. The van der Waals surface area contributed by atoms with E-state index in [2.05, 4.69) is 4.98 Å². The molecule has 19 heavy (non-hydrogen) atoms. The van der Waals surface area contributed by atoms with Gasteiger partial charge in [-0.25, -0.2) is 8.42 Å². The van der Waals surface area contributed by atoms with Gasteiger partial charge in [0.15, 0.2) is 0 Å². The number of halogens is 1. The third kappa shape index (κ3) is 3.20. The van der Waals surface area contributed by atoms with Crippen LogP contribution in [0.25, 0.3) is 0 Å². The lowest BCUT2D eigenvalue weighted by molar-refractivity contribution is 0.426. The summed E-state index contributed by atoms with van der Waals surface area (Å²) < 4.78 is 26.4.